The van der Waals surface area contributed by atoms with Crippen molar-refractivity contribution in [2.75, 3.05) is 26.2 Å². The lowest BCUT2D eigenvalue weighted by molar-refractivity contribution is -0.121. The number of carbonyl (C=O) groups is 1. The van der Waals surface area contributed by atoms with Gasteiger partial charge in [0.25, 0.3) is 0 Å². The van der Waals surface area contributed by atoms with E-state index in [1.807, 2.05) is 0 Å². The van der Waals surface area contributed by atoms with Gasteiger partial charge in [-0.1, -0.05) is 12.8 Å². The summed E-state index contributed by atoms with van der Waals surface area (Å²) in [4.78, 5) is 11.5. The molecule has 3 N–H and O–H groups in total. The highest BCUT2D eigenvalue weighted by atomic mass is 16.2. The molecule has 1 fully saturated rings. The largest absolute Gasteiger partial charge is 0.396 e. The maximum atomic E-state index is 11.5. The molecular weight excluding hydrogens is 204 g/mol. The van der Waals surface area contributed by atoms with Gasteiger partial charge in [-0.05, 0) is 38.3 Å². The van der Waals surface area contributed by atoms with Crippen molar-refractivity contribution >= 4 is 5.91 Å². The summed E-state index contributed by atoms with van der Waals surface area (Å²) in [5.74, 6) is 0.727. The molecule has 0 aliphatic carbocycles. The zero-order valence-corrected chi connectivity index (χ0v) is 10.0. The van der Waals surface area contributed by atoms with E-state index in [2.05, 4.69) is 10.6 Å². The van der Waals surface area contributed by atoms with Crippen molar-refractivity contribution in [2.45, 2.75) is 38.5 Å². The lowest BCUT2D eigenvalue weighted by Crippen LogP contribution is -2.27. The fourth-order valence-electron chi connectivity index (χ4n) is 2.04. The summed E-state index contributed by atoms with van der Waals surface area (Å²) >= 11 is 0. The third-order valence-corrected chi connectivity index (χ3v) is 3.04. The van der Waals surface area contributed by atoms with Crippen LogP contribution in [-0.2, 0) is 4.79 Å². The van der Waals surface area contributed by atoms with E-state index in [-0.39, 0.29) is 12.5 Å². The number of hydrogen-bond donors (Lipinski definition) is 3. The van der Waals surface area contributed by atoms with Crippen molar-refractivity contribution in [1.82, 2.24) is 10.6 Å². The quantitative estimate of drug-likeness (QED) is 0.535. The zero-order chi connectivity index (χ0) is 11.6. The van der Waals surface area contributed by atoms with Crippen LogP contribution in [0.5, 0.6) is 0 Å². The molecule has 1 atom stereocenters. The van der Waals surface area contributed by atoms with Gasteiger partial charge < -0.3 is 15.7 Å². The van der Waals surface area contributed by atoms with Crippen molar-refractivity contribution in [3.63, 3.8) is 0 Å². The van der Waals surface area contributed by atoms with E-state index in [0.29, 0.717) is 12.3 Å². The summed E-state index contributed by atoms with van der Waals surface area (Å²) in [6, 6.07) is 0. The van der Waals surface area contributed by atoms with Gasteiger partial charge in [0, 0.05) is 19.6 Å². The van der Waals surface area contributed by atoms with Gasteiger partial charge in [0.15, 0.2) is 0 Å². The number of nitrogens with one attached hydrogen (secondary N) is 2. The third-order valence-electron chi connectivity index (χ3n) is 3.04. The van der Waals surface area contributed by atoms with Gasteiger partial charge in [-0.15, -0.1) is 0 Å². The van der Waals surface area contributed by atoms with Crippen LogP contribution in [0.15, 0.2) is 0 Å². The smallest absolute Gasteiger partial charge is 0.220 e. The van der Waals surface area contributed by atoms with E-state index >= 15 is 0 Å². The van der Waals surface area contributed by atoms with Crippen LogP contribution in [0, 0.1) is 5.92 Å². The molecule has 1 rings (SSSR count). The molecule has 1 unspecified atom stereocenters. The topological polar surface area (TPSA) is 61.4 Å². The SMILES string of the molecule is O=C(CC1CCNC1)NCCCCCCO. The number of hydrogen-bond acceptors (Lipinski definition) is 3. The lowest BCUT2D eigenvalue weighted by Gasteiger charge is -2.08. The van der Waals surface area contributed by atoms with Crippen molar-refractivity contribution in [2.24, 2.45) is 5.92 Å². The molecule has 0 radical (unpaired) electrons. The van der Waals surface area contributed by atoms with Crippen molar-refractivity contribution < 1.29 is 9.90 Å². The molecule has 1 aliphatic rings. The second kappa shape index (κ2) is 8.53. The van der Waals surface area contributed by atoms with Crippen LogP contribution in [0.3, 0.4) is 0 Å². The summed E-state index contributed by atoms with van der Waals surface area (Å²) < 4.78 is 0. The minimum atomic E-state index is 0.191. The molecule has 94 valence electrons. The molecule has 1 aliphatic heterocycles. The fraction of sp³-hybridized carbons (Fsp3) is 0.917. The van der Waals surface area contributed by atoms with Crippen LogP contribution < -0.4 is 10.6 Å². The average Bonchev–Trinajstić information content (AvgIpc) is 2.76. The summed E-state index contributed by atoms with van der Waals surface area (Å²) in [6.07, 6.45) is 5.84. The summed E-state index contributed by atoms with van der Waals surface area (Å²) in [6.45, 7) is 3.11. The molecule has 0 aromatic heterocycles. The Morgan fingerprint density at radius 2 is 2.12 bits per heavy atom. The summed E-state index contributed by atoms with van der Waals surface area (Å²) in [5, 5.41) is 14.8. The van der Waals surface area contributed by atoms with Gasteiger partial charge >= 0.3 is 0 Å². The first-order chi connectivity index (χ1) is 7.83. The Bertz CT molecular complexity index is 191. The van der Waals surface area contributed by atoms with Gasteiger partial charge in [0.1, 0.15) is 0 Å². The van der Waals surface area contributed by atoms with E-state index in [4.69, 9.17) is 5.11 Å². The second-order valence-electron chi connectivity index (χ2n) is 4.55. The minimum absolute atomic E-state index is 0.191. The first-order valence-corrected chi connectivity index (χ1v) is 6.41. The predicted molar refractivity (Wildman–Crippen MR) is 64.2 cm³/mol. The maximum Gasteiger partial charge on any atom is 0.220 e. The highest BCUT2D eigenvalue weighted by molar-refractivity contribution is 5.76. The van der Waals surface area contributed by atoms with E-state index in [1.54, 1.807) is 0 Å². The molecule has 0 saturated carbocycles. The normalized spacial score (nSPS) is 19.9. The maximum absolute atomic E-state index is 11.5. The van der Waals surface area contributed by atoms with Gasteiger partial charge in [0.2, 0.25) is 5.91 Å². The highest BCUT2D eigenvalue weighted by Gasteiger charge is 2.17. The highest BCUT2D eigenvalue weighted by Crippen LogP contribution is 2.11. The van der Waals surface area contributed by atoms with Gasteiger partial charge in [-0.2, -0.15) is 0 Å². The summed E-state index contributed by atoms with van der Waals surface area (Å²) in [7, 11) is 0. The number of aliphatic hydroxyl groups is 1. The molecule has 1 amide bonds. The van der Waals surface area contributed by atoms with E-state index in [1.165, 1.54) is 0 Å². The number of carbonyl (C=O) groups excluding carboxylic acids is 1. The Balaban J connectivity index is 1.89. The lowest BCUT2D eigenvalue weighted by atomic mass is 10.0. The molecule has 1 saturated heterocycles. The Kier molecular flexibility index (Phi) is 7.17. The molecule has 0 aromatic carbocycles. The van der Waals surface area contributed by atoms with E-state index in [9.17, 15) is 4.79 Å². The number of unbranched alkanes of at least 4 members (excludes halogenated alkanes) is 3. The Morgan fingerprint density at radius 1 is 1.31 bits per heavy atom. The molecule has 1 heterocycles. The average molecular weight is 228 g/mol. The number of rotatable bonds is 8. The molecule has 0 aromatic rings. The van der Waals surface area contributed by atoms with E-state index in [0.717, 1.165) is 51.7 Å². The summed E-state index contributed by atoms with van der Waals surface area (Å²) in [5.41, 5.74) is 0. The number of amides is 1. The van der Waals surface area contributed by atoms with Gasteiger partial charge in [0.05, 0.1) is 0 Å². The Labute approximate surface area is 97.8 Å². The Morgan fingerprint density at radius 3 is 2.81 bits per heavy atom. The molecule has 4 nitrogen and oxygen atoms in total. The van der Waals surface area contributed by atoms with Crippen LogP contribution in [0.2, 0.25) is 0 Å². The molecule has 0 bridgehead atoms. The van der Waals surface area contributed by atoms with Crippen LogP contribution in [0.1, 0.15) is 38.5 Å². The minimum Gasteiger partial charge on any atom is -0.396 e. The molecule has 4 heteroatoms. The zero-order valence-electron chi connectivity index (χ0n) is 10.0. The molecule has 16 heavy (non-hydrogen) atoms. The van der Waals surface area contributed by atoms with Crippen LogP contribution in [0.4, 0.5) is 0 Å². The first kappa shape index (κ1) is 13.5. The second-order valence-corrected chi connectivity index (χ2v) is 4.55. The Hall–Kier alpha value is -0.610. The van der Waals surface area contributed by atoms with Crippen molar-refractivity contribution in [3.05, 3.63) is 0 Å². The molecular formula is C12H24N2O2. The predicted octanol–water partition coefficient (Wildman–Crippen LogP) is 0.655. The first-order valence-electron chi connectivity index (χ1n) is 6.41. The van der Waals surface area contributed by atoms with Crippen molar-refractivity contribution in [1.29, 1.82) is 0 Å². The standard InChI is InChI=1S/C12H24N2O2/c15-8-4-2-1-3-6-14-12(16)9-11-5-7-13-10-11/h11,13,15H,1-10H2,(H,14,16). The number of aliphatic hydroxyl groups excluding tert-OH is 1. The fourth-order valence-corrected chi connectivity index (χ4v) is 2.04. The van der Waals surface area contributed by atoms with Crippen LogP contribution in [-0.4, -0.2) is 37.3 Å². The van der Waals surface area contributed by atoms with Crippen LogP contribution >= 0.6 is 0 Å². The van der Waals surface area contributed by atoms with Crippen LogP contribution in [0.25, 0.3) is 0 Å². The van der Waals surface area contributed by atoms with E-state index < -0.39 is 0 Å². The van der Waals surface area contributed by atoms with Crippen molar-refractivity contribution in [3.8, 4) is 0 Å². The third kappa shape index (κ3) is 6.08. The van der Waals surface area contributed by atoms with Gasteiger partial charge in [-0.3, -0.25) is 4.79 Å². The monoisotopic (exact) mass is 228 g/mol. The molecule has 0 spiro atoms. The van der Waals surface area contributed by atoms with Gasteiger partial charge in [-0.25, -0.2) is 0 Å².